The smallest absolute Gasteiger partial charge is 0.349 e. The Morgan fingerprint density at radius 2 is 2.18 bits per heavy atom. The minimum Gasteiger partial charge on any atom is -0.465 e. The summed E-state index contributed by atoms with van der Waals surface area (Å²) < 4.78 is 38.1. The molecule has 0 amide bonds. The summed E-state index contributed by atoms with van der Waals surface area (Å²) in [6.45, 7) is 0.602. The Kier molecular flexibility index (Phi) is 5.32. The van der Waals surface area contributed by atoms with Gasteiger partial charge in [0.25, 0.3) is 0 Å². The van der Waals surface area contributed by atoms with Crippen molar-refractivity contribution in [1.29, 1.82) is 0 Å². The van der Waals surface area contributed by atoms with Gasteiger partial charge in [0, 0.05) is 24.0 Å². The van der Waals surface area contributed by atoms with E-state index in [0.717, 1.165) is 23.3 Å². The number of nitrogens with zero attached hydrogens (tertiary/aromatic N) is 3. The molecule has 0 aliphatic carbocycles. The lowest BCUT2D eigenvalue weighted by Gasteiger charge is -2.30. The fourth-order valence-corrected chi connectivity index (χ4v) is 6.61. The Labute approximate surface area is 169 Å². The van der Waals surface area contributed by atoms with E-state index in [-0.39, 0.29) is 22.2 Å². The van der Waals surface area contributed by atoms with E-state index in [4.69, 9.17) is 9.15 Å². The molecule has 3 aromatic heterocycles. The molecule has 1 fully saturated rings. The molecule has 148 valence electrons. The third-order valence-corrected chi connectivity index (χ3v) is 8.17. The summed E-state index contributed by atoms with van der Waals surface area (Å²) >= 11 is 2.59. The van der Waals surface area contributed by atoms with Gasteiger partial charge in [0.15, 0.2) is 0 Å². The average molecular weight is 440 g/mol. The first kappa shape index (κ1) is 19.2. The van der Waals surface area contributed by atoms with E-state index in [0.29, 0.717) is 24.7 Å². The number of methoxy groups -OCH3 is 1. The van der Waals surface area contributed by atoms with Gasteiger partial charge in [-0.05, 0) is 35.7 Å². The molecule has 1 saturated heterocycles. The lowest BCUT2D eigenvalue weighted by atomic mass is 10.00. The highest BCUT2D eigenvalue weighted by atomic mass is 32.2. The Hall–Kier alpha value is -2.08. The number of carbonyl (C=O) groups is 1. The van der Waals surface area contributed by atoms with Gasteiger partial charge in [-0.25, -0.2) is 13.2 Å². The zero-order chi connectivity index (χ0) is 19.7. The van der Waals surface area contributed by atoms with E-state index in [1.54, 1.807) is 5.38 Å². The molecule has 28 heavy (non-hydrogen) atoms. The average Bonchev–Trinajstić information content (AvgIpc) is 3.48. The van der Waals surface area contributed by atoms with E-state index in [1.807, 2.05) is 16.8 Å². The second-order valence-electron chi connectivity index (χ2n) is 6.27. The molecule has 4 heterocycles. The number of hydrogen-bond donors (Lipinski definition) is 0. The first-order valence-corrected chi connectivity index (χ1v) is 11.8. The van der Waals surface area contributed by atoms with E-state index in [1.165, 1.54) is 28.8 Å². The van der Waals surface area contributed by atoms with Crippen molar-refractivity contribution in [2.75, 3.05) is 20.2 Å². The SMILES string of the molecule is COC(=O)c1sccc1S(=O)(=O)N1CCCC(c2nnc(-c3ccsc3)o2)C1. The minimum atomic E-state index is -3.83. The maximum atomic E-state index is 13.1. The van der Waals surface area contributed by atoms with Crippen molar-refractivity contribution in [2.24, 2.45) is 0 Å². The van der Waals surface area contributed by atoms with Gasteiger partial charge in [-0.3, -0.25) is 0 Å². The van der Waals surface area contributed by atoms with Crippen LogP contribution < -0.4 is 0 Å². The number of rotatable bonds is 5. The molecular weight excluding hydrogens is 422 g/mol. The molecule has 1 atom stereocenters. The highest BCUT2D eigenvalue weighted by Crippen LogP contribution is 2.33. The molecule has 0 aromatic carbocycles. The third-order valence-electron chi connectivity index (χ3n) is 4.56. The topological polar surface area (TPSA) is 103 Å². The maximum absolute atomic E-state index is 13.1. The Morgan fingerprint density at radius 1 is 1.32 bits per heavy atom. The molecule has 11 heteroatoms. The highest BCUT2D eigenvalue weighted by Gasteiger charge is 2.36. The number of esters is 1. The van der Waals surface area contributed by atoms with Crippen LogP contribution >= 0.6 is 22.7 Å². The lowest BCUT2D eigenvalue weighted by Crippen LogP contribution is -2.39. The van der Waals surface area contributed by atoms with E-state index < -0.39 is 16.0 Å². The van der Waals surface area contributed by atoms with Gasteiger partial charge in [0.05, 0.1) is 13.0 Å². The number of hydrogen-bond acceptors (Lipinski definition) is 9. The first-order valence-electron chi connectivity index (χ1n) is 8.52. The van der Waals surface area contributed by atoms with Crippen molar-refractivity contribution in [3.05, 3.63) is 39.0 Å². The Balaban J connectivity index is 1.57. The largest absolute Gasteiger partial charge is 0.465 e. The van der Waals surface area contributed by atoms with Crippen molar-refractivity contribution in [2.45, 2.75) is 23.7 Å². The molecule has 0 bridgehead atoms. The van der Waals surface area contributed by atoms with E-state index in [2.05, 4.69) is 10.2 Å². The van der Waals surface area contributed by atoms with Crippen LogP contribution in [0.4, 0.5) is 0 Å². The number of carbonyl (C=O) groups excluding carboxylic acids is 1. The molecule has 1 unspecified atom stereocenters. The molecule has 0 N–H and O–H groups in total. The fourth-order valence-electron chi connectivity index (χ4n) is 3.15. The second-order valence-corrected chi connectivity index (χ2v) is 9.87. The summed E-state index contributed by atoms with van der Waals surface area (Å²) in [7, 11) is -2.59. The van der Waals surface area contributed by atoms with Crippen LogP contribution in [-0.4, -0.2) is 49.1 Å². The van der Waals surface area contributed by atoms with Crippen LogP contribution in [0.3, 0.4) is 0 Å². The second kappa shape index (κ2) is 7.74. The monoisotopic (exact) mass is 439 g/mol. The Morgan fingerprint density at radius 3 is 2.93 bits per heavy atom. The predicted molar refractivity (Wildman–Crippen MR) is 104 cm³/mol. The third kappa shape index (κ3) is 3.50. The zero-order valence-electron chi connectivity index (χ0n) is 14.9. The summed E-state index contributed by atoms with van der Waals surface area (Å²) in [5.41, 5.74) is 0.852. The summed E-state index contributed by atoms with van der Waals surface area (Å²) in [5.74, 6) is 0.0183. The van der Waals surface area contributed by atoms with Crippen LogP contribution in [0.25, 0.3) is 11.5 Å². The molecule has 0 radical (unpaired) electrons. The first-order chi connectivity index (χ1) is 13.5. The van der Waals surface area contributed by atoms with Gasteiger partial charge in [-0.1, -0.05) is 0 Å². The lowest BCUT2D eigenvalue weighted by molar-refractivity contribution is 0.0602. The molecule has 3 aromatic rings. The standard InChI is InChI=1S/C17H17N3O5S3/c1-24-17(21)14-13(5-8-27-14)28(22,23)20-6-2-3-11(9-20)15-18-19-16(25-15)12-4-7-26-10-12/h4-5,7-8,10-11H,2-3,6,9H2,1H3. The van der Waals surface area contributed by atoms with Gasteiger partial charge in [0.2, 0.25) is 21.8 Å². The van der Waals surface area contributed by atoms with Gasteiger partial charge in [-0.15, -0.1) is 21.5 Å². The Bertz CT molecular complexity index is 1070. The summed E-state index contributed by atoms with van der Waals surface area (Å²) in [5, 5.41) is 13.6. The van der Waals surface area contributed by atoms with Crippen molar-refractivity contribution >= 4 is 38.7 Å². The van der Waals surface area contributed by atoms with Crippen molar-refractivity contribution in [1.82, 2.24) is 14.5 Å². The van der Waals surface area contributed by atoms with Gasteiger partial charge >= 0.3 is 5.97 Å². The van der Waals surface area contributed by atoms with Crippen LogP contribution in [0.15, 0.2) is 37.6 Å². The molecule has 8 nitrogen and oxygen atoms in total. The van der Waals surface area contributed by atoms with Crippen molar-refractivity contribution < 1.29 is 22.4 Å². The minimum absolute atomic E-state index is 0.0190. The van der Waals surface area contributed by atoms with Gasteiger partial charge < -0.3 is 9.15 Å². The van der Waals surface area contributed by atoms with Crippen molar-refractivity contribution in [3.63, 3.8) is 0 Å². The van der Waals surface area contributed by atoms with Crippen LogP contribution in [0.5, 0.6) is 0 Å². The van der Waals surface area contributed by atoms with Gasteiger partial charge in [0.1, 0.15) is 9.77 Å². The summed E-state index contributed by atoms with van der Waals surface area (Å²) in [4.78, 5) is 12.0. The quantitative estimate of drug-likeness (QED) is 0.562. The predicted octanol–water partition coefficient (Wildman–Crippen LogP) is 3.21. The van der Waals surface area contributed by atoms with E-state index in [9.17, 15) is 13.2 Å². The molecular formula is C17H17N3O5S3. The molecule has 1 aliphatic rings. The van der Waals surface area contributed by atoms with Gasteiger partial charge in [-0.2, -0.15) is 15.6 Å². The maximum Gasteiger partial charge on any atom is 0.349 e. The molecule has 0 saturated carbocycles. The highest BCUT2D eigenvalue weighted by molar-refractivity contribution is 7.89. The number of piperidine rings is 1. The molecule has 1 aliphatic heterocycles. The number of aromatic nitrogens is 2. The van der Waals surface area contributed by atoms with Crippen LogP contribution in [-0.2, 0) is 14.8 Å². The number of ether oxygens (including phenoxy) is 1. The van der Waals surface area contributed by atoms with E-state index >= 15 is 0 Å². The number of sulfonamides is 1. The fraction of sp³-hybridized carbons (Fsp3) is 0.353. The summed E-state index contributed by atoms with van der Waals surface area (Å²) in [6.07, 6.45) is 1.42. The number of thiophene rings is 2. The van der Waals surface area contributed by atoms with Crippen LogP contribution in [0, 0.1) is 0 Å². The van der Waals surface area contributed by atoms with Crippen molar-refractivity contribution in [3.8, 4) is 11.5 Å². The molecule has 0 spiro atoms. The zero-order valence-corrected chi connectivity index (χ0v) is 17.3. The summed E-state index contributed by atoms with van der Waals surface area (Å²) in [6, 6.07) is 3.34. The van der Waals surface area contributed by atoms with Crippen LogP contribution in [0.1, 0.15) is 34.3 Å². The molecule has 4 rings (SSSR count). The van der Waals surface area contributed by atoms with Crippen LogP contribution in [0.2, 0.25) is 0 Å². The normalized spacial score (nSPS) is 18.2.